The van der Waals surface area contributed by atoms with E-state index in [2.05, 4.69) is 32.9 Å². The lowest BCUT2D eigenvalue weighted by atomic mass is 9.65. The Morgan fingerprint density at radius 1 is 1.24 bits per heavy atom. The number of carbonyl (C=O) groups is 1. The highest BCUT2D eigenvalue weighted by atomic mass is 16.3. The summed E-state index contributed by atoms with van der Waals surface area (Å²) >= 11 is 0. The van der Waals surface area contributed by atoms with Crippen molar-refractivity contribution in [3.63, 3.8) is 0 Å². The van der Waals surface area contributed by atoms with Crippen LogP contribution in [0.1, 0.15) is 44.7 Å². The van der Waals surface area contributed by atoms with E-state index in [4.69, 9.17) is 0 Å². The first-order valence-corrected chi connectivity index (χ1v) is 7.61. The molecule has 0 saturated heterocycles. The molecule has 0 heterocycles. The smallest absolute Gasteiger partial charge is 0.181 e. The van der Waals surface area contributed by atoms with Crippen LogP contribution in [0.15, 0.2) is 42.0 Å². The number of benzene rings is 1. The molecule has 2 nitrogen and oxygen atoms in total. The minimum atomic E-state index is -0.183. The van der Waals surface area contributed by atoms with Crippen molar-refractivity contribution in [3.8, 4) is 5.75 Å². The monoisotopic (exact) mass is 282 g/mol. The van der Waals surface area contributed by atoms with Gasteiger partial charge < -0.3 is 5.11 Å². The Labute approximate surface area is 126 Å². The van der Waals surface area contributed by atoms with Crippen LogP contribution < -0.4 is 0 Å². The van der Waals surface area contributed by atoms with Gasteiger partial charge in [-0.15, -0.1) is 0 Å². The van der Waals surface area contributed by atoms with Crippen molar-refractivity contribution in [2.45, 2.75) is 45.4 Å². The van der Waals surface area contributed by atoms with E-state index >= 15 is 0 Å². The number of hydrogen-bond acceptors (Lipinski definition) is 2. The number of aromatic hydroxyl groups is 1. The Balaban J connectivity index is 2.17. The molecular weight excluding hydrogens is 260 g/mol. The molecule has 21 heavy (non-hydrogen) atoms. The van der Waals surface area contributed by atoms with Gasteiger partial charge in [-0.2, -0.15) is 0 Å². The van der Waals surface area contributed by atoms with Crippen molar-refractivity contribution in [1.82, 2.24) is 0 Å². The molecule has 0 saturated carbocycles. The Morgan fingerprint density at radius 3 is 2.71 bits per heavy atom. The number of rotatable bonds is 0. The van der Waals surface area contributed by atoms with E-state index in [1.54, 1.807) is 12.1 Å². The predicted molar refractivity (Wildman–Crippen MR) is 84.4 cm³/mol. The minimum Gasteiger partial charge on any atom is -0.508 e. The average Bonchev–Trinajstić information content (AvgIpc) is 2.40. The molecule has 1 atom stereocenters. The second-order valence-corrected chi connectivity index (χ2v) is 7.24. The lowest BCUT2D eigenvalue weighted by Crippen LogP contribution is -2.32. The third kappa shape index (κ3) is 2.33. The highest BCUT2D eigenvalue weighted by Gasteiger charge is 2.38. The van der Waals surface area contributed by atoms with E-state index in [9.17, 15) is 9.90 Å². The molecule has 0 amide bonds. The number of carbonyl (C=O) groups excluding carboxylic acids is 1. The van der Waals surface area contributed by atoms with Gasteiger partial charge >= 0.3 is 0 Å². The first kappa shape index (κ1) is 14.1. The largest absolute Gasteiger partial charge is 0.508 e. The molecule has 2 aliphatic rings. The molecule has 0 aromatic heterocycles. The Morgan fingerprint density at radius 2 is 2.00 bits per heavy atom. The summed E-state index contributed by atoms with van der Waals surface area (Å²) in [6, 6.07) is 5.63. The summed E-state index contributed by atoms with van der Waals surface area (Å²) in [5.41, 5.74) is 2.99. The Kier molecular flexibility index (Phi) is 3.09. The third-order valence-corrected chi connectivity index (χ3v) is 4.63. The van der Waals surface area contributed by atoms with E-state index in [-0.39, 0.29) is 16.6 Å². The molecule has 0 aliphatic heterocycles. The molecule has 110 valence electrons. The summed E-state index contributed by atoms with van der Waals surface area (Å²) < 4.78 is 0. The maximum atomic E-state index is 12.2. The lowest BCUT2D eigenvalue weighted by Gasteiger charge is -2.38. The van der Waals surface area contributed by atoms with Crippen LogP contribution in [0.25, 0.3) is 0 Å². The Hall–Kier alpha value is -1.83. The van der Waals surface area contributed by atoms with Gasteiger partial charge in [0.05, 0.1) is 0 Å². The molecule has 2 aliphatic carbocycles. The Bertz CT molecular complexity index is 659. The van der Waals surface area contributed by atoms with Crippen LogP contribution in [0.2, 0.25) is 0 Å². The van der Waals surface area contributed by atoms with Gasteiger partial charge in [0.1, 0.15) is 5.75 Å². The molecular formula is C19H22O2. The van der Waals surface area contributed by atoms with Gasteiger partial charge in [0.2, 0.25) is 0 Å². The normalized spacial score (nSPS) is 24.9. The summed E-state index contributed by atoms with van der Waals surface area (Å²) in [5.74, 6) is 0.445. The zero-order valence-corrected chi connectivity index (χ0v) is 12.9. The number of hydrogen-bond donors (Lipinski definition) is 1. The average molecular weight is 282 g/mol. The summed E-state index contributed by atoms with van der Waals surface area (Å²) in [7, 11) is 0. The van der Waals surface area contributed by atoms with Gasteiger partial charge in [-0.1, -0.05) is 39.0 Å². The van der Waals surface area contributed by atoms with Gasteiger partial charge in [-0.05, 0) is 54.0 Å². The van der Waals surface area contributed by atoms with Crippen molar-refractivity contribution >= 4 is 5.78 Å². The molecule has 2 heteroatoms. The molecule has 0 bridgehead atoms. The maximum Gasteiger partial charge on any atom is 0.181 e. The van der Waals surface area contributed by atoms with Crippen molar-refractivity contribution in [3.05, 3.63) is 53.1 Å². The maximum absolute atomic E-state index is 12.2. The van der Waals surface area contributed by atoms with Crippen LogP contribution in [-0.2, 0) is 16.6 Å². The second-order valence-electron chi connectivity index (χ2n) is 7.24. The van der Waals surface area contributed by atoms with E-state index < -0.39 is 0 Å². The summed E-state index contributed by atoms with van der Waals surface area (Å²) in [4.78, 5) is 12.2. The second kappa shape index (κ2) is 4.59. The zero-order valence-electron chi connectivity index (χ0n) is 12.9. The van der Waals surface area contributed by atoms with E-state index in [0.29, 0.717) is 5.75 Å². The van der Waals surface area contributed by atoms with Crippen LogP contribution >= 0.6 is 0 Å². The first-order chi connectivity index (χ1) is 9.82. The van der Waals surface area contributed by atoms with Gasteiger partial charge in [0, 0.05) is 11.0 Å². The van der Waals surface area contributed by atoms with Crippen molar-refractivity contribution < 1.29 is 9.90 Å². The van der Waals surface area contributed by atoms with Crippen LogP contribution in [-0.4, -0.2) is 10.9 Å². The molecule has 0 radical (unpaired) electrons. The zero-order chi connectivity index (χ0) is 15.3. The summed E-state index contributed by atoms with van der Waals surface area (Å²) in [5, 5.41) is 9.71. The quantitative estimate of drug-likeness (QED) is 0.778. The number of aryl methyl sites for hydroxylation is 1. The molecule has 1 aromatic carbocycles. The van der Waals surface area contributed by atoms with Gasteiger partial charge in [0.15, 0.2) is 5.78 Å². The standard InChI is InChI=1S/C19H22O2/c1-18(2,3)16-12-19(10-8-17(16)21)9-4-5-13-11-14(20)6-7-15(13)19/h6-8,10-12,20H,4-5,9H2,1-3H3. The van der Waals surface area contributed by atoms with Gasteiger partial charge in [-0.3, -0.25) is 4.79 Å². The lowest BCUT2D eigenvalue weighted by molar-refractivity contribution is -0.112. The van der Waals surface area contributed by atoms with Crippen LogP contribution in [0.5, 0.6) is 5.75 Å². The number of ketones is 1. The molecule has 3 rings (SSSR count). The van der Waals surface area contributed by atoms with Crippen molar-refractivity contribution in [1.29, 1.82) is 0 Å². The van der Waals surface area contributed by atoms with Crippen LogP contribution in [0.3, 0.4) is 0 Å². The fraction of sp³-hybridized carbons (Fsp3) is 0.421. The van der Waals surface area contributed by atoms with Gasteiger partial charge in [0.25, 0.3) is 0 Å². The highest BCUT2D eigenvalue weighted by Crippen LogP contribution is 2.45. The number of phenols is 1. The topological polar surface area (TPSA) is 37.3 Å². The van der Waals surface area contributed by atoms with E-state index in [0.717, 1.165) is 24.8 Å². The fourth-order valence-corrected chi connectivity index (χ4v) is 3.55. The summed E-state index contributed by atoms with van der Waals surface area (Å²) in [6.07, 6.45) is 9.05. The SMILES string of the molecule is CC(C)(C)C1=CC2(C=CC1=O)CCCc1cc(O)ccc12. The number of phenolic OH excluding ortho intramolecular Hbond substituents is 1. The fourth-order valence-electron chi connectivity index (χ4n) is 3.55. The predicted octanol–water partition coefficient (Wildman–Crippen LogP) is 4.08. The number of fused-ring (bicyclic) bond motifs is 2. The molecule has 1 aromatic rings. The highest BCUT2D eigenvalue weighted by molar-refractivity contribution is 6.06. The third-order valence-electron chi connectivity index (χ3n) is 4.63. The van der Waals surface area contributed by atoms with E-state index in [1.807, 2.05) is 12.1 Å². The minimum absolute atomic E-state index is 0.124. The van der Waals surface area contributed by atoms with E-state index in [1.165, 1.54) is 11.1 Å². The van der Waals surface area contributed by atoms with Crippen LogP contribution in [0, 0.1) is 5.41 Å². The van der Waals surface area contributed by atoms with Crippen molar-refractivity contribution in [2.75, 3.05) is 0 Å². The molecule has 0 fully saturated rings. The molecule has 1 spiro atoms. The van der Waals surface area contributed by atoms with Crippen molar-refractivity contribution in [2.24, 2.45) is 5.41 Å². The molecule has 1 N–H and O–H groups in total. The van der Waals surface area contributed by atoms with Gasteiger partial charge in [-0.25, -0.2) is 0 Å². The van der Waals surface area contributed by atoms with Crippen LogP contribution in [0.4, 0.5) is 0 Å². The molecule has 1 unspecified atom stereocenters. The first-order valence-electron chi connectivity index (χ1n) is 7.61. The number of allylic oxidation sites excluding steroid dienone is 4. The summed E-state index contributed by atoms with van der Waals surface area (Å²) in [6.45, 7) is 6.26.